The molecule has 3 heterocycles. The Balaban J connectivity index is 2.30. The molecule has 0 aliphatic rings. The SMILES string of the molecule is O=c1[nH]c(-c2ccccn2)nc2[nH]nnc12. The van der Waals surface area contributed by atoms with Crippen molar-refractivity contribution >= 4 is 11.2 Å². The molecule has 2 N–H and O–H groups in total. The molecule has 0 radical (unpaired) electrons. The van der Waals surface area contributed by atoms with E-state index in [0.717, 1.165) is 0 Å². The minimum absolute atomic E-state index is 0.194. The Morgan fingerprint density at radius 3 is 3.00 bits per heavy atom. The van der Waals surface area contributed by atoms with Gasteiger partial charge in [0.15, 0.2) is 17.0 Å². The third-order valence-corrected chi connectivity index (χ3v) is 2.11. The van der Waals surface area contributed by atoms with Crippen molar-refractivity contribution in [3.05, 3.63) is 34.7 Å². The van der Waals surface area contributed by atoms with Gasteiger partial charge in [-0.05, 0) is 12.1 Å². The van der Waals surface area contributed by atoms with Gasteiger partial charge in [0.25, 0.3) is 5.56 Å². The van der Waals surface area contributed by atoms with Crippen molar-refractivity contribution in [1.82, 2.24) is 30.4 Å². The summed E-state index contributed by atoms with van der Waals surface area (Å²) in [6.45, 7) is 0. The lowest BCUT2D eigenvalue weighted by molar-refractivity contribution is 0.954. The summed E-state index contributed by atoms with van der Waals surface area (Å²) in [4.78, 5) is 22.5. The molecule has 78 valence electrons. The number of hydrogen-bond donors (Lipinski definition) is 2. The molecule has 0 aliphatic heterocycles. The first-order valence-corrected chi connectivity index (χ1v) is 4.57. The van der Waals surface area contributed by atoms with Crippen molar-refractivity contribution in [2.75, 3.05) is 0 Å². The molecule has 0 spiro atoms. The molecule has 0 saturated heterocycles. The Labute approximate surface area is 88.6 Å². The van der Waals surface area contributed by atoms with Gasteiger partial charge in [-0.3, -0.25) is 9.78 Å². The molecule has 7 nitrogen and oxygen atoms in total. The number of aromatic amines is 2. The minimum atomic E-state index is -0.334. The number of nitrogens with one attached hydrogen (secondary N) is 2. The molecule has 16 heavy (non-hydrogen) atoms. The zero-order chi connectivity index (χ0) is 11.0. The Bertz CT molecular complexity index is 686. The molecule has 0 amide bonds. The van der Waals surface area contributed by atoms with E-state index in [2.05, 4.69) is 30.4 Å². The number of aromatic nitrogens is 6. The van der Waals surface area contributed by atoms with Crippen LogP contribution in [-0.4, -0.2) is 30.4 Å². The number of hydrogen-bond acceptors (Lipinski definition) is 5. The molecule has 3 rings (SSSR count). The zero-order valence-electron chi connectivity index (χ0n) is 8.01. The first kappa shape index (κ1) is 8.72. The molecule has 0 saturated carbocycles. The second-order valence-electron chi connectivity index (χ2n) is 3.14. The molecule has 0 aromatic carbocycles. The van der Waals surface area contributed by atoms with E-state index < -0.39 is 0 Å². The highest BCUT2D eigenvalue weighted by Gasteiger charge is 2.08. The van der Waals surface area contributed by atoms with Crippen LogP contribution in [0.2, 0.25) is 0 Å². The summed E-state index contributed by atoms with van der Waals surface area (Å²) in [5.74, 6) is 0.393. The number of nitrogens with zero attached hydrogens (tertiary/aromatic N) is 4. The summed E-state index contributed by atoms with van der Waals surface area (Å²) >= 11 is 0. The molecular formula is C9H6N6O. The van der Waals surface area contributed by atoms with Crippen molar-refractivity contribution in [2.24, 2.45) is 0 Å². The standard InChI is InChI=1S/C9H6N6O/c16-9-6-8(14-15-13-6)11-7(12-9)5-3-1-2-4-10-5/h1-4H,(H2,11,12,13,14,15,16). The van der Waals surface area contributed by atoms with Crippen molar-refractivity contribution in [2.45, 2.75) is 0 Å². The van der Waals surface area contributed by atoms with Gasteiger partial charge in [0.2, 0.25) is 0 Å². The van der Waals surface area contributed by atoms with Gasteiger partial charge in [-0.2, -0.15) is 0 Å². The van der Waals surface area contributed by atoms with E-state index in [-0.39, 0.29) is 11.1 Å². The first-order chi connectivity index (χ1) is 7.84. The fourth-order valence-electron chi connectivity index (χ4n) is 1.38. The molecule has 0 unspecified atom stereocenters. The molecule has 3 aromatic heterocycles. The zero-order valence-corrected chi connectivity index (χ0v) is 8.01. The van der Waals surface area contributed by atoms with Crippen molar-refractivity contribution < 1.29 is 0 Å². The monoisotopic (exact) mass is 214 g/mol. The summed E-state index contributed by atoms with van der Waals surface area (Å²) in [6, 6.07) is 5.36. The van der Waals surface area contributed by atoms with E-state index in [9.17, 15) is 4.79 Å². The molecule has 0 aliphatic carbocycles. The lowest BCUT2D eigenvalue weighted by Crippen LogP contribution is -2.09. The fraction of sp³-hybridized carbons (Fsp3) is 0. The highest BCUT2D eigenvalue weighted by atomic mass is 16.1. The second-order valence-corrected chi connectivity index (χ2v) is 3.14. The number of H-pyrrole nitrogens is 2. The quantitative estimate of drug-likeness (QED) is 0.598. The first-order valence-electron chi connectivity index (χ1n) is 4.57. The van der Waals surface area contributed by atoms with Gasteiger partial charge in [0.1, 0.15) is 5.69 Å². The van der Waals surface area contributed by atoms with Gasteiger partial charge in [-0.1, -0.05) is 11.3 Å². The van der Waals surface area contributed by atoms with Gasteiger partial charge in [-0.25, -0.2) is 10.1 Å². The van der Waals surface area contributed by atoms with Gasteiger partial charge in [0, 0.05) is 6.20 Å². The Kier molecular flexibility index (Phi) is 1.76. The molecule has 0 atom stereocenters. The predicted molar refractivity (Wildman–Crippen MR) is 55.5 cm³/mol. The molecule has 0 fully saturated rings. The van der Waals surface area contributed by atoms with Gasteiger partial charge in [-0.15, -0.1) is 5.10 Å². The van der Waals surface area contributed by atoms with Crippen molar-refractivity contribution in [1.29, 1.82) is 0 Å². The molecule has 7 heteroatoms. The van der Waals surface area contributed by atoms with Gasteiger partial charge in [0.05, 0.1) is 0 Å². The lowest BCUT2D eigenvalue weighted by Gasteiger charge is -1.97. The summed E-state index contributed by atoms with van der Waals surface area (Å²) in [7, 11) is 0. The Hall–Kier alpha value is -2.57. The predicted octanol–water partition coefficient (Wildman–Crippen LogP) is 0.103. The van der Waals surface area contributed by atoms with Crippen molar-refractivity contribution in [3.8, 4) is 11.5 Å². The summed E-state index contributed by atoms with van der Waals surface area (Å²) < 4.78 is 0. The van der Waals surface area contributed by atoms with Crippen LogP contribution in [-0.2, 0) is 0 Å². The van der Waals surface area contributed by atoms with E-state index in [0.29, 0.717) is 17.2 Å². The Morgan fingerprint density at radius 1 is 1.25 bits per heavy atom. The average Bonchev–Trinajstić information content (AvgIpc) is 2.79. The Morgan fingerprint density at radius 2 is 2.19 bits per heavy atom. The molecular weight excluding hydrogens is 208 g/mol. The van der Waals surface area contributed by atoms with Crippen LogP contribution >= 0.6 is 0 Å². The van der Waals surface area contributed by atoms with Crippen LogP contribution in [0, 0.1) is 0 Å². The highest BCUT2D eigenvalue weighted by Crippen LogP contribution is 2.10. The van der Waals surface area contributed by atoms with E-state index >= 15 is 0 Å². The van der Waals surface area contributed by atoms with Gasteiger partial charge < -0.3 is 4.98 Å². The van der Waals surface area contributed by atoms with Crippen LogP contribution in [0.3, 0.4) is 0 Å². The van der Waals surface area contributed by atoms with E-state index in [1.54, 1.807) is 18.3 Å². The van der Waals surface area contributed by atoms with Crippen LogP contribution in [0.25, 0.3) is 22.7 Å². The van der Waals surface area contributed by atoms with E-state index in [4.69, 9.17) is 0 Å². The molecule has 3 aromatic rings. The highest BCUT2D eigenvalue weighted by molar-refractivity contribution is 5.69. The van der Waals surface area contributed by atoms with E-state index in [1.807, 2.05) is 6.07 Å². The van der Waals surface area contributed by atoms with E-state index in [1.165, 1.54) is 0 Å². The van der Waals surface area contributed by atoms with Crippen LogP contribution in [0.15, 0.2) is 29.2 Å². The maximum absolute atomic E-state index is 11.6. The van der Waals surface area contributed by atoms with Crippen LogP contribution < -0.4 is 5.56 Å². The molecule has 0 bridgehead atoms. The van der Waals surface area contributed by atoms with Crippen LogP contribution in [0.5, 0.6) is 0 Å². The third kappa shape index (κ3) is 1.26. The average molecular weight is 214 g/mol. The normalized spacial score (nSPS) is 10.8. The van der Waals surface area contributed by atoms with Crippen LogP contribution in [0.1, 0.15) is 0 Å². The summed E-state index contributed by atoms with van der Waals surface area (Å²) in [5.41, 5.74) is 0.805. The maximum Gasteiger partial charge on any atom is 0.281 e. The smallest absolute Gasteiger partial charge is 0.281 e. The topological polar surface area (TPSA) is 100 Å². The number of fused-ring (bicyclic) bond motifs is 1. The number of pyridine rings is 1. The maximum atomic E-state index is 11.6. The third-order valence-electron chi connectivity index (χ3n) is 2.11. The largest absolute Gasteiger partial charge is 0.303 e. The van der Waals surface area contributed by atoms with Crippen molar-refractivity contribution in [3.63, 3.8) is 0 Å². The number of rotatable bonds is 1. The fourth-order valence-corrected chi connectivity index (χ4v) is 1.38. The minimum Gasteiger partial charge on any atom is -0.303 e. The summed E-state index contributed by atoms with van der Waals surface area (Å²) in [6.07, 6.45) is 1.63. The summed E-state index contributed by atoms with van der Waals surface area (Å²) in [5, 5.41) is 9.69. The lowest BCUT2D eigenvalue weighted by atomic mass is 10.3. The second kappa shape index (κ2) is 3.23. The van der Waals surface area contributed by atoms with Crippen LogP contribution in [0.4, 0.5) is 0 Å². The van der Waals surface area contributed by atoms with Gasteiger partial charge >= 0.3 is 0 Å².